The SMILES string of the molecule is O=C(CSc1[se]nnc1-c1ccc(OC(F)(F)F)cc1)Nc1ncn[nH]1. The summed E-state index contributed by atoms with van der Waals surface area (Å²) in [5, 5.41) is 12.7. The monoisotopic (exact) mass is 450 g/mol. The molecule has 136 valence electrons. The zero-order valence-electron chi connectivity index (χ0n) is 12.6. The van der Waals surface area contributed by atoms with E-state index < -0.39 is 6.36 Å². The first-order valence-corrected chi connectivity index (χ1v) is 9.48. The molecule has 8 nitrogen and oxygen atoms in total. The molecule has 0 saturated carbocycles. The van der Waals surface area contributed by atoms with Gasteiger partial charge in [0.1, 0.15) is 0 Å². The molecule has 1 aromatic carbocycles. The number of anilines is 1. The molecular formula is C13H9F3N6O2SSe. The van der Waals surface area contributed by atoms with Crippen molar-refractivity contribution in [2.75, 3.05) is 11.1 Å². The first-order valence-electron chi connectivity index (χ1n) is 6.87. The number of aromatic nitrogens is 5. The molecule has 3 rings (SSSR count). The first-order chi connectivity index (χ1) is 12.4. The summed E-state index contributed by atoms with van der Waals surface area (Å²) in [5.74, 6) is -0.240. The molecule has 13 heteroatoms. The van der Waals surface area contributed by atoms with Crippen LogP contribution in [-0.2, 0) is 4.79 Å². The van der Waals surface area contributed by atoms with Crippen LogP contribution in [0.1, 0.15) is 0 Å². The van der Waals surface area contributed by atoms with E-state index in [0.29, 0.717) is 11.3 Å². The third-order valence-electron chi connectivity index (χ3n) is 2.83. The summed E-state index contributed by atoms with van der Waals surface area (Å²) in [7, 11) is 0. The van der Waals surface area contributed by atoms with Gasteiger partial charge in [-0.1, -0.05) is 0 Å². The van der Waals surface area contributed by atoms with Gasteiger partial charge in [0, 0.05) is 0 Å². The van der Waals surface area contributed by atoms with Gasteiger partial charge in [0.15, 0.2) is 0 Å². The minimum absolute atomic E-state index is 0.113. The number of H-pyrrole nitrogens is 1. The number of thioether (sulfide) groups is 1. The summed E-state index contributed by atoms with van der Waals surface area (Å²) < 4.78 is 45.2. The van der Waals surface area contributed by atoms with Gasteiger partial charge in [0.05, 0.1) is 0 Å². The van der Waals surface area contributed by atoms with E-state index in [0.717, 1.165) is 3.77 Å². The Hall–Kier alpha value is -2.37. The molecule has 1 amide bonds. The number of halogens is 3. The summed E-state index contributed by atoms with van der Waals surface area (Å²) in [5.41, 5.74) is 1.14. The molecule has 0 fully saturated rings. The van der Waals surface area contributed by atoms with E-state index in [2.05, 4.69) is 34.4 Å². The maximum absolute atomic E-state index is 12.2. The van der Waals surface area contributed by atoms with E-state index in [-0.39, 0.29) is 38.1 Å². The predicted octanol–water partition coefficient (Wildman–Crippen LogP) is 1.95. The fraction of sp³-hybridized carbons (Fsp3) is 0.154. The summed E-state index contributed by atoms with van der Waals surface area (Å²) >= 11 is 0.982. The molecule has 0 spiro atoms. The molecule has 2 heterocycles. The molecule has 0 aliphatic carbocycles. The first kappa shape index (κ1) is 18.4. The number of hydrogen-bond donors (Lipinski definition) is 2. The molecular weight excluding hydrogens is 440 g/mol. The number of aromatic amines is 1. The number of ether oxygens (including phenoxy) is 1. The molecule has 26 heavy (non-hydrogen) atoms. The van der Waals surface area contributed by atoms with E-state index in [1.807, 2.05) is 0 Å². The Labute approximate surface area is 154 Å². The molecule has 0 aliphatic rings. The molecule has 3 aromatic rings. The van der Waals surface area contributed by atoms with Gasteiger partial charge >= 0.3 is 154 Å². The predicted molar refractivity (Wildman–Crippen MR) is 86.8 cm³/mol. The summed E-state index contributed by atoms with van der Waals surface area (Å²) in [6, 6.07) is 5.34. The van der Waals surface area contributed by atoms with E-state index in [4.69, 9.17) is 0 Å². The molecule has 0 bridgehead atoms. The Kier molecular flexibility index (Phi) is 5.59. The van der Waals surface area contributed by atoms with Gasteiger partial charge in [-0.05, 0) is 0 Å². The van der Waals surface area contributed by atoms with Crippen LogP contribution in [0.15, 0.2) is 34.4 Å². The quantitative estimate of drug-likeness (QED) is 0.438. The van der Waals surface area contributed by atoms with Crippen LogP contribution in [0.2, 0.25) is 0 Å². The second kappa shape index (κ2) is 7.89. The Bertz CT molecular complexity index is 869. The topological polar surface area (TPSA) is 106 Å². The van der Waals surface area contributed by atoms with Crippen LogP contribution in [0.4, 0.5) is 19.1 Å². The summed E-state index contributed by atoms with van der Waals surface area (Å²) in [6.07, 6.45) is -3.47. The van der Waals surface area contributed by atoms with Crippen LogP contribution in [0, 0.1) is 0 Å². The standard InChI is InChI=1S/C13H9F3N6O2SSe/c14-13(15,16)24-8-3-1-7(2-4-8)10-11(26-22-20-10)25-5-9(23)19-12-17-6-18-21-12/h1-4,6H,5H2,(H2,17,18,19,21,23). The van der Waals surface area contributed by atoms with Crippen molar-refractivity contribution in [3.05, 3.63) is 30.6 Å². The van der Waals surface area contributed by atoms with E-state index >= 15 is 0 Å². The van der Waals surface area contributed by atoms with Crippen molar-refractivity contribution in [3.63, 3.8) is 0 Å². The number of rotatable bonds is 6. The van der Waals surface area contributed by atoms with E-state index in [1.54, 1.807) is 0 Å². The van der Waals surface area contributed by atoms with Crippen LogP contribution in [-0.4, -0.2) is 57.1 Å². The Morgan fingerprint density at radius 1 is 1.31 bits per heavy atom. The Morgan fingerprint density at radius 3 is 2.73 bits per heavy atom. The Balaban J connectivity index is 1.63. The van der Waals surface area contributed by atoms with Crippen molar-refractivity contribution < 1.29 is 22.7 Å². The van der Waals surface area contributed by atoms with Crippen LogP contribution in [0.5, 0.6) is 5.75 Å². The van der Waals surface area contributed by atoms with E-state index in [9.17, 15) is 18.0 Å². The van der Waals surface area contributed by atoms with Crippen LogP contribution >= 0.6 is 11.8 Å². The molecule has 2 N–H and O–H groups in total. The molecule has 0 atom stereocenters. The van der Waals surface area contributed by atoms with Gasteiger partial charge in [-0.3, -0.25) is 0 Å². The number of nitrogens with zero attached hydrogens (tertiary/aromatic N) is 4. The molecule has 2 aromatic heterocycles. The van der Waals surface area contributed by atoms with Crippen molar-refractivity contribution in [2.45, 2.75) is 10.1 Å². The van der Waals surface area contributed by atoms with Gasteiger partial charge in [0.25, 0.3) is 0 Å². The average Bonchev–Trinajstić information content (AvgIpc) is 3.23. The second-order valence-electron chi connectivity index (χ2n) is 4.65. The second-order valence-corrected chi connectivity index (χ2v) is 7.80. The van der Waals surface area contributed by atoms with Crippen LogP contribution in [0.25, 0.3) is 11.3 Å². The van der Waals surface area contributed by atoms with Crippen molar-refractivity contribution in [3.8, 4) is 17.0 Å². The van der Waals surface area contributed by atoms with Gasteiger partial charge < -0.3 is 0 Å². The number of alkyl halides is 3. The number of carbonyl (C=O) groups excluding carboxylic acids is 1. The number of nitrogens with one attached hydrogen (secondary N) is 2. The zero-order chi connectivity index (χ0) is 18.6. The number of benzene rings is 1. The third kappa shape index (κ3) is 5.07. The zero-order valence-corrected chi connectivity index (χ0v) is 15.2. The van der Waals surface area contributed by atoms with Gasteiger partial charge in [0.2, 0.25) is 0 Å². The molecule has 0 aliphatic heterocycles. The number of amides is 1. The van der Waals surface area contributed by atoms with Crippen molar-refractivity contribution in [1.29, 1.82) is 0 Å². The van der Waals surface area contributed by atoms with Crippen LogP contribution < -0.4 is 10.1 Å². The Morgan fingerprint density at radius 2 is 2.08 bits per heavy atom. The van der Waals surface area contributed by atoms with Gasteiger partial charge in [-0.15, -0.1) is 0 Å². The van der Waals surface area contributed by atoms with Crippen LogP contribution in [0.3, 0.4) is 0 Å². The normalized spacial score (nSPS) is 11.3. The summed E-state index contributed by atoms with van der Waals surface area (Å²) in [6.45, 7) is 0. The summed E-state index contributed by atoms with van der Waals surface area (Å²) in [4.78, 5) is 15.7. The third-order valence-corrected chi connectivity index (χ3v) is 5.91. The van der Waals surface area contributed by atoms with Crippen molar-refractivity contribution >= 4 is 38.4 Å². The number of hydrogen-bond acceptors (Lipinski definition) is 7. The maximum atomic E-state index is 12.2. The molecule has 0 saturated heterocycles. The number of carbonyl (C=O) groups is 1. The fourth-order valence-electron chi connectivity index (χ4n) is 1.83. The minimum atomic E-state index is -4.74. The van der Waals surface area contributed by atoms with Gasteiger partial charge in [-0.25, -0.2) is 0 Å². The molecule has 0 radical (unpaired) electrons. The van der Waals surface area contributed by atoms with Gasteiger partial charge in [-0.2, -0.15) is 0 Å². The fourth-order valence-corrected chi connectivity index (χ4v) is 4.32. The van der Waals surface area contributed by atoms with Crippen molar-refractivity contribution in [1.82, 2.24) is 24.4 Å². The van der Waals surface area contributed by atoms with Crippen molar-refractivity contribution in [2.24, 2.45) is 0 Å². The average molecular weight is 449 g/mol. The molecule has 0 unspecified atom stereocenters. The van der Waals surface area contributed by atoms with E-state index in [1.165, 1.54) is 42.4 Å².